The number of nitrogens with zero attached hydrogens (tertiary/aromatic N) is 3. The molecular weight excluding hydrogens is 412 g/mol. The Morgan fingerprint density at radius 1 is 0.879 bits per heavy atom. The number of ether oxygens (including phenoxy) is 1. The van der Waals surface area contributed by atoms with Crippen molar-refractivity contribution in [3.8, 4) is 17.1 Å². The molecule has 0 bridgehead atoms. The van der Waals surface area contributed by atoms with Crippen LogP contribution >= 0.6 is 0 Å². The van der Waals surface area contributed by atoms with Crippen LogP contribution in [0.5, 0.6) is 5.75 Å². The molecule has 3 aromatic carbocycles. The van der Waals surface area contributed by atoms with Gasteiger partial charge in [-0.25, -0.2) is 0 Å². The van der Waals surface area contributed by atoms with Crippen molar-refractivity contribution < 1.29 is 9.53 Å². The van der Waals surface area contributed by atoms with Crippen molar-refractivity contribution in [1.82, 2.24) is 15.2 Å². The van der Waals surface area contributed by atoms with E-state index >= 15 is 0 Å². The molecule has 1 amide bonds. The van der Waals surface area contributed by atoms with Gasteiger partial charge >= 0.3 is 0 Å². The van der Waals surface area contributed by atoms with E-state index in [0.29, 0.717) is 23.7 Å². The Labute approximate surface area is 191 Å². The smallest absolute Gasteiger partial charge is 0.276 e. The van der Waals surface area contributed by atoms with Gasteiger partial charge < -0.3 is 9.64 Å². The Bertz CT molecular complexity index is 1390. The third-order valence-electron chi connectivity index (χ3n) is 5.48. The summed E-state index contributed by atoms with van der Waals surface area (Å²) in [7, 11) is 1.73. The molecule has 5 aromatic rings. The lowest BCUT2D eigenvalue weighted by Crippen LogP contribution is -2.26. The molecular formula is C27H22N4O2. The lowest BCUT2D eigenvalue weighted by molar-refractivity contribution is 0.0988. The minimum Gasteiger partial charge on any atom is -0.489 e. The normalized spacial score (nSPS) is 10.8. The van der Waals surface area contributed by atoms with Crippen molar-refractivity contribution in [2.24, 2.45) is 0 Å². The maximum absolute atomic E-state index is 12.9. The summed E-state index contributed by atoms with van der Waals surface area (Å²) in [5, 5.41) is 9.43. The summed E-state index contributed by atoms with van der Waals surface area (Å²) >= 11 is 0. The van der Waals surface area contributed by atoms with E-state index in [9.17, 15) is 4.79 Å². The second kappa shape index (κ2) is 8.96. The van der Waals surface area contributed by atoms with E-state index in [-0.39, 0.29) is 5.91 Å². The number of aromatic amines is 1. The molecule has 0 saturated heterocycles. The number of rotatable bonds is 6. The van der Waals surface area contributed by atoms with Crippen molar-refractivity contribution in [2.45, 2.75) is 6.61 Å². The number of benzene rings is 3. The molecule has 0 unspecified atom stereocenters. The van der Waals surface area contributed by atoms with Crippen LogP contribution in [0.4, 0.5) is 5.69 Å². The molecule has 162 valence electrons. The maximum atomic E-state index is 12.9. The summed E-state index contributed by atoms with van der Waals surface area (Å²) in [4.78, 5) is 18.7. The molecule has 0 aliphatic carbocycles. The SMILES string of the molecule is CN(C(=O)c1cc(-c2ccccn2)n[nH]1)c1ccc(OCc2ccc3ccccc3c2)cc1. The summed E-state index contributed by atoms with van der Waals surface area (Å²) < 4.78 is 5.95. The summed E-state index contributed by atoms with van der Waals surface area (Å²) in [6.45, 7) is 0.476. The maximum Gasteiger partial charge on any atom is 0.276 e. The van der Waals surface area contributed by atoms with E-state index in [1.807, 2.05) is 54.6 Å². The Kier molecular flexibility index (Phi) is 5.55. The summed E-state index contributed by atoms with van der Waals surface area (Å²) in [5.41, 5.74) is 3.60. The van der Waals surface area contributed by atoms with Gasteiger partial charge in [0.15, 0.2) is 0 Å². The molecule has 6 heteroatoms. The highest BCUT2D eigenvalue weighted by Crippen LogP contribution is 2.23. The third kappa shape index (κ3) is 4.45. The van der Waals surface area contributed by atoms with Crippen LogP contribution in [0.15, 0.2) is 97.2 Å². The molecule has 6 nitrogen and oxygen atoms in total. The number of fused-ring (bicyclic) bond motifs is 1. The van der Waals surface area contributed by atoms with Crippen LogP contribution in [0.3, 0.4) is 0 Å². The predicted octanol–water partition coefficient (Wildman–Crippen LogP) is 5.48. The van der Waals surface area contributed by atoms with E-state index in [0.717, 1.165) is 17.0 Å². The fourth-order valence-electron chi connectivity index (χ4n) is 3.64. The molecule has 2 aromatic heterocycles. The Hall–Kier alpha value is -4.45. The molecule has 0 fully saturated rings. The minimum absolute atomic E-state index is 0.186. The van der Waals surface area contributed by atoms with Crippen molar-refractivity contribution in [3.05, 3.63) is 108 Å². The van der Waals surface area contributed by atoms with Gasteiger partial charge in [-0.1, -0.05) is 42.5 Å². The molecule has 0 radical (unpaired) electrons. The van der Waals surface area contributed by atoms with E-state index < -0.39 is 0 Å². The van der Waals surface area contributed by atoms with E-state index in [4.69, 9.17) is 4.74 Å². The van der Waals surface area contributed by atoms with Gasteiger partial charge in [-0.3, -0.25) is 14.9 Å². The molecule has 33 heavy (non-hydrogen) atoms. The second-order valence-electron chi connectivity index (χ2n) is 7.71. The van der Waals surface area contributed by atoms with Gasteiger partial charge in [0.2, 0.25) is 0 Å². The van der Waals surface area contributed by atoms with Crippen molar-refractivity contribution in [3.63, 3.8) is 0 Å². The first kappa shape index (κ1) is 20.5. The number of amides is 1. The quantitative estimate of drug-likeness (QED) is 0.384. The van der Waals surface area contributed by atoms with Gasteiger partial charge in [0.25, 0.3) is 5.91 Å². The van der Waals surface area contributed by atoms with Gasteiger partial charge in [-0.2, -0.15) is 5.10 Å². The molecule has 1 N–H and O–H groups in total. The number of hydrogen-bond donors (Lipinski definition) is 1. The zero-order chi connectivity index (χ0) is 22.6. The largest absolute Gasteiger partial charge is 0.489 e. The number of anilines is 1. The number of pyridine rings is 1. The van der Waals surface area contributed by atoms with Crippen LogP contribution in [0.2, 0.25) is 0 Å². The Morgan fingerprint density at radius 2 is 1.67 bits per heavy atom. The number of carbonyl (C=O) groups is 1. The molecule has 0 saturated carbocycles. The molecule has 0 aliphatic heterocycles. The van der Waals surface area contributed by atoms with Crippen LogP contribution < -0.4 is 9.64 Å². The van der Waals surface area contributed by atoms with E-state index in [2.05, 4.69) is 45.5 Å². The number of aromatic nitrogens is 3. The van der Waals surface area contributed by atoms with Gasteiger partial charge in [0.1, 0.15) is 23.7 Å². The number of H-pyrrole nitrogens is 1. The number of hydrogen-bond acceptors (Lipinski definition) is 4. The van der Waals surface area contributed by atoms with Crippen LogP contribution in [-0.4, -0.2) is 28.1 Å². The average Bonchev–Trinajstić information content (AvgIpc) is 3.38. The second-order valence-corrected chi connectivity index (χ2v) is 7.71. The van der Waals surface area contributed by atoms with E-state index in [1.165, 1.54) is 10.8 Å². The Balaban J connectivity index is 1.24. The van der Waals surface area contributed by atoms with Gasteiger partial charge in [-0.05, 0) is 64.9 Å². The zero-order valence-corrected chi connectivity index (χ0v) is 18.1. The monoisotopic (exact) mass is 434 g/mol. The fraction of sp³-hybridized carbons (Fsp3) is 0.0741. The highest BCUT2D eigenvalue weighted by atomic mass is 16.5. The highest BCUT2D eigenvalue weighted by Gasteiger charge is 2.17. The fourth-order valence-corrected chi connectivity index (χ4v) is 3.64. The Morgan fingerprint density at radius 3 is 2.45 bits per heavy atom. The minimum atomic E-state index is -0.186. The van der Waals surface area contributed by atoms with Gasteiger partial charge in [0, 0.05) is 18.9 Å². The van der Waals surface area contributed by atoms with Gasteiger partial charge in [0.05, 0.1) is 5.69 Å². The predicted molar refractivity (Wildman–Crippen MR) is 129 cm³/mol. The first-order valence-corrected chi connectivity index (χ1v) is 10.6. The van der Waals surface area contributed by atoms with Crippen molar-refractivity contribution in [2.75, 3.05) is 11.9 Å². The third-order valence-corrected chi connectivity index (χ3v) is 5.48. The summed E-state index contributed by atoms with van der Waals surface area (Å²) in [6.07, 6.45) is 1.70. The van der Waals surface area contributed by atoms with Gasteiger partial charge in [-0.15, -0.1) is 0 Å². The topological polar surface area (TPSA) is 71.1 Å². The number of nitrogens with one attached hydrogen (secondary N) is 1. The van der Waals surface area contributed by atoms with Crippen molar-refractivity contribution in [1.29, 1.82) is 0 Å². The first-order chi connectivity index (χ1) is 16.2. The average molecular weight is 434 g/mol. The highest BCUT2D eigenvalue weighted by molar-refractivity contribution is 6.04. The molecule has 0 atom stereocenters. The lowest BCUT2D eigenvalue weighted by Gasteiger charge is -2.17. The van der Waals surface area contributed by atoms with Crippen molar-refractivity contribution >= 4 is 22.4 Å². The lowest BCUT2D eigenvalue weighted by atomic mass is 10.1. The molecule has 2 heterocycles. The molecule has 0 aliphatic rings. The van der Waals surface area contributed by atoms with Crippen LogP contribution in [-0.2, 0) is 6.61 Å². The standard InChI is InChI=1S/C27H22N4O2/c1-31(27(32)26-17-25(29-30-26)24-8-4-5-15-28-24)22-11-13-23(14-12-22)33-18-19-9-10-20-6-2-3-7-21(20)16-19/h2-17H,18H2,1H3,(H,29,30). The summed E-state index contributed by atoms with van der Waals surface area (Å²) in [5.74, 6) is 0.557. The first-order valence-electron chi connectivity index (χ1n) is 10.6. The van der Waals surface area contributed by atoms with Crippen LogP contribution in [0.1, 0.15) is 16.1 Å². The molecule has 5 rings (SSSR count). The number of carbonyl (C=O) groups excluding carboxylic acids is 1. The summed E-state index contributed by atoms with van der Waals surface area (Å²) in [6, 6.07) is 29.3. The molecule has 0 spiro atoms. The van der Waals surface area contributed by atoms with Crippen LogP contribution in [0, 0.1) is 0 Å². The van der Waals surface area contributed by atoms with Crippen LogP contribution in [0.25, 0.3) is 22.2 Å². The zero-order valence-electron chi connectivity index (χ0n) is 18.1. The van der Waals surface area contributed by atoms with E-state index in [1.54, 1.807) is 24.2 Å².